The van der Waals surface area contributed by atoms with Crippen LogP contribution >= 0.6 is 24.4 Å². The molecule has 0 aliphatic rings. The van der Waals surface area contributed by atoms with Crippen molar-refractivity contribution in [3.05, 3.63) is 0 Å². The third kappa shape index (κ3) is 5.63. The molecule has 0 spiro atoms. The van der Waals surface area contributed by atoms with E-state index in [1.807, 2.05) is 0 Å². The first-order valence-corrected chi connectivity index (χ1v) is 6.92. The van der Waals surface area contributed by atoms with Gasteiger partial charge in [0.25, 0.3) is 0 Å². The van der Waals surface area contributed by atoms with Crippen LogP contribution < -0.4 is 5.32 Å². The van der Waals surface area contributed by atoms with Crippen LogP contribution in [0.4, 0.5) is 4.79 Å². The number of thioether (sulfide) groups is 1. The maximum Gasteiger partial charge on any atom is 0.327 e. The van der Waals surface area contributed by atoms with Crippen LogP contribution in [0, 0.1) is 0 Å². The van der Waals surface area contributed by atoms with Gasteiger partial charge in [0.05, 0.1) is 5.37 Å². The summed E-state index contributed by atoms with van der Waals surface area (Å²) in [5.41, 5.74) is 0. The highest BCUT2D eigenvalue weighted by Gasteiger charge is 2.25. The first kappa shape index (κ1) is 17.1. The summed E-state index contributed by atoms with van der Waals surface area (Å²) in [7, 11) is 0. The second kappa shape index (κ2) is 8.25. The number of nitrogens with zero attached hydrogens (tertiary/aromatic N) is 1. The summed E-state index contributed by atoms with van der Waals surface area (Å²) in [6.07, 6.45) is 0. The fraction of sp³-hybridized carbons (Fsp3) is 0.700. The molecule has 0 aromatic heterocycles. The van der Waals surface area contributed by atoms with Crippen molar-refractivity contribution in [2.24, 2.45) is 0 Å². The molecule has 2 amide bonds. The van der Waals surface area contributed by atoms with Crippen molar-refractivity contribution >= 4 is 41.5 Å². The second-order valence-electron chi connectivity index (χ2n) is 3.52. The molecule has 2 unspecified atom stereocenters. The fourth-order valence-electron chi connectivity index (χ4n) is 1.29. The highest BCUT2D eigenvalue weighted by atomic mass is 32.2. The van der Waals surface area contributed by atoms with E-state index in [2.05, 4.69) is 17.9 Å². The van der Waals surface area contributed by atoms with Crippen LogP contribution in [0.15, 0.2) is 0 Å². The Morgan fingerprint density at radius 3 is 2.33 bits per heavy atom. The van der Waals surface area contributed by atoms with E-state index in [0.29, 0.717) is 6.54 Å². The summed E-state index contributed by atoms with van der Waals surface area (Å²) in [6, 6.07) is -1.55. The second-order valence-corrected chi connectivity index (χ2v) is 5.38. The number of rotatable bonds is 6. The normalized spacial score (nSPS) is 13.6. The van der Waals surface area contributed by atoms with Gasteiger partial charge in [-0.1, -0.05) is 11.8 Å². The van der Waals surface area contributed by atoms with Gasteiger partial charge in [-0.15, -0.1) is 0 Å². The van der Waals surface area contributed by atoms with E-state index in [0.717, 1.165) is 11.8 Å². The molecule has 0 saturated carbocycles. The van der Waals surface area contributed by atoms with Crippen LogP contribution in [-0.4, -0.2) is 50.8 Å². The Hall–Kier alpha value is -0.890. The van der Waals surface area contributed by atoms with Gasteiger partial charge < -0.3 is 15.3 Å². The molecule has 0 aromatic carbocycles. The zero-order chi connectivity index (χ0) is 14.3. The van der Waals surface area contributed by atoms with Gasteiger partial charge in [0.2, 0.25) is 0 Å². The van der Waals surface area contributed by atoms with Crippen LogP contribution in [0.2, 0.25) is 0 Å². The summed E-state index contributed by atoms with van der Waals surface area (Å²) in [5.74, 6) is -1.13. The zero-order valence-electron chi connectivity index (χ0n) is 10.5. The van der Waals surface area contributed by atoms with E-state index in [-0.39, 0.29) is 16.2 Å². The number of hydrogen-bond acceptors (Lipinski definition) is 5. The lowest BCUT2D eigenvalue weighted by Crippen LogP contribution is -2.50. The Morgan fingerprint density at radius 1 is 1.44 bits per heavy atom. The van der Waals surface area contributed by atoms with E-state index in [1.54, 1.807) is 13.8 Å². The molecule has 2 atom stereocenters. The van der Waals surface area contributed by atoms with Crippen LogP contribution in [0.3, 0.4) is 0 Å². The van der Waals surface area contributed by atoms with Crippen molar-refractivity contribution in [1.29, 1.82) is 0 Å². The van der Waals surface area contributed by atoms with Gasteiger partial charge in [0.15, 0.2) is 5.12 Å². The maximum atomic E-state index is 11.9. The Morgan fingerprint density at radius 2 is 2.00 bits per heavy atom. The summed E-state index contributed by atoms with van der Waals surface area (Å²) >= 11 is 4.88. The molecule has 104 valence electrons. The molecule has 0 aliphatic carbocycles. The first-order chi connectivity index (χ1) is 8.33. The lowest BCUT2D eigenvalue weighted by Gasteiger charge is -2.28. The number of aliphatic carboxylic acids is 1. The maximum absolute atomic E-state index is 11.9. The highest BCUT2D eigenvalue weighted by Crippen LogP contribution is 2.16. The van der Waals surface area contributed by atoms with Gasteiger partial charge >= 0.3 is 12.0 Å². The van der Waals surface area contributed by atoms with Gasteiger partial charge in [0, 0.05) is 19.2 Å². The van der Waals surface area contributed by atoms with Crippen LogP contribution in [0.5, 0.6) is 0 Å². The number of carbonyl (C=O) groups excluding carboxylic acids is 2. The lowest BCUT2D eigenvalue weighted by molar-refractivity contribution is -0.138. The van der Waals surface area contributed by atoms with Crippen molar-refractivity contribution in [3.8, 4) is 0 Å². The number of carboxylic acids is 1. The molecule has 0 fully saturated rings. The van der Waals surface area contributed by atoms with Crippen LogP contribution in [0.1, 0.15) is 20.8 Å². The third-order valence-electron chi connectivity index (χ3n) is 2.16. The molecule has 0 heterocycles. The predicted molar refractivity (Wildman–Crippen MR) is 73.9 cm³/mol. The van der Waals surface area contributed by atoms with E-state index in [4.69, 9.17) is 5.11 Å². The number of urea groups is 1. The molecule has 0 bridgehead atoms. The Balaban J connectivity index is 4.60. The number of nitrogens with one attached hydrogen (secondary N) is 1. The number of thiol groups is 1. The topological polar surface area (TPSA) is 86.7 Å². The summed E-state index contributed by atoms with van der Waals surface area (Å²) in [4.78, 5) is 35.0. The van der Waals surface area contributed by atoms with Gasteiger partial charge in [0.1, 0.15) is 6.04 Å². The molecule has 2 N–H and O–H groups in total. The Kier molecular flexibility index (Phi) is 7.85. The van der Waals surface area contributed by atoms with Crippen molar-refractivity contribution < 1.29 is 19.5 Å². The fourth-order valence-corrected chi connectivity index (χ4v) is 2.39. The molecular weight excluding hydrogens is 276 g/mol. The average Bonchev–Trinajstić information content (AvgIpc) is 2.25. The molecule has 0 rings (SSSR count). The minimum Gasteiger partial charge on any atom is -0.480 e. The number of amides is 2. The lowest BCUT2D eigenvalue weighted by atomic mass is 10.3. The Bertz CT molecular complexity index is 325. The number of carboxylic acid groups (broad SMARTS) is 1. The standard InChI is InChI=1S/C10H18N2O4S2/c1-4-12(6(2)18-7(3)13)10(16)11-8(5-17)9(14)15/h6,8,17H,4-5H2,1-3H3,(H,11,16)(H,14,15). The SMILES string of the molecule is CCN(C(=O)NC(CS)C(=O)O)C(C)SC(C)=O. The zero-order valence-corrected chi connectivity index (χ0v) is 12.3. The molecule has 0 saturated heterocycles. The number of hydrogen-bond donors (Lipinski definition) is 3. The molecule has 8 heteroatoms. The van der Waals surface area contributed by atoms with Crippen molar-refractivity contribution in [2.75, 3.05) is 12.3 Å². The highest BCUT2D eigenvalue weighted by molar-refractivity contribution is 8.14. The summed E-state index contributed by atoms with van der Waals surface area (Å²) < 4.78 is 0. The first-order valence-electron chi connectivity index (χ1n) is 5.41. The number of carbonyl (C=O) groups is 3. The Labute approximate surface area is 116 Å². The van der Waals surface area contributed by atoms with Gasteiger partial charge in [-0.05, 0) is 13.8 Å². The molecule has 18 heavy (non-hydrogen) atoms. The molecule has 6 nitrogen and oxygen atoms in total. The van der Waals surface area contributed by atoms with Gasteiger partial charge in [-0.25, -0.2) is 9.59 Å². The minimum absolute atomic E-state index is 0.00681. The molecule has 0 radical (unpaired) electrons. The van der Waals surface area contributed by atoms with Crippen molar-refractivity contribution in [2.45, 2.75) is 32.2 Å². The van der Waals surface area contributed by atoms with E-state index in [1.165, 1.54) is 11.8 Å². The van der Waals surface area contributed by atoms with Crippen molar-refractivity contribution in [3.63, 3.8) is 0 Å². The largest absolute Gasteiger partial charge is 0.480 e. The summed E-state index contributed by atoms with van der Waals surface area (Å²) in [6.45, 7) is 5.27. The third-order valence-corrected chi connectivity index (χ3v) is 3.45. The van der Waals surface area contributed by atoms with E-state index < -0.39 is 18.0 Å². The van der Waals surface area contributed by atoms with Crippen LogP contribution in [-0.2, 0) is 9.59 Å². The monoisotopic (exact) mass is 294 g/mol. The van der Waals surface area contributed by atoms with E-state index in [9.17, 15) is 14.4 Å². The quantitative estimate of drug-likeness (QED) is 0.503. The van der Waals surface area contributed by atoms with E-state index >= 15 is 0 Å². The summed E-state index contributed by atoms with van der Waals surface area (Å²) in [5, 5.41) is 10.7. The van der Waals surface area contributed by atoms with Gasteiger partial charge in [-0.2, -0.15) is 12.6 Å². The molecule has 0 aromatic rings. The molecule has 0 aliphatic heterocycles. The average molecular weight is 294 g/mol. The predicted octanol–water partition coefficient (Wildman–Crippen LogP) is 1.03. The smallest absolute Gasteiger partial charge is 0.327 e. The minimum atomic E-state index is -1.14. The molecular formula is C10H18N2O4S2. The van der Waals surface area contributed by atoms with Crippen LogP contribution in [0.25, 0.3) is 0 Å². The van der Waals surface area contributed by atoms with Gasteiger partial charge in [-0.3, -0.25) is 4.79 Å². The van der Waals surface area contributed by atoms with Crippen molar-refractivity contribution in [1.82, 2.24) is 10.2 Å².